The van der Waals surface area contributed by atoms with Crippen LogP contribution in [-0.4, -0.2) is 36.6 Å². The summed E-state index contributed by atoms with van der Waals surface area (Å²) in [5.74, 6) is 0.685. The maximum Gasteiger partial charge on any atom is 0.104 e. The lowest BCUT2D eigenvalue weighted by Gasteiger charge is -2.30. The van der Waals surface area contributed by atoms with E-state index < -0.39 is 0 Å². The first-order valence-corrected chi connectivity index (χ1v) is 7.36. The molecular formula is C14H20ClN3S. The van der Waals surface area contributed by atoms with Crippen LogP contribution in [0.2, 0.25) is 5.02 Å². The standard InChI is InChI=1S/C14H20ClN3S/c1-18-6-2-3-10(9-18)8-17-13-5-4-11(14(16)19)7-12(13)15/h4-5,7,10,17H,2-3,6,8-9H2,1H3,(H2,16,19). The van der Waals surface area contributed by atoms with Gasteiger partial charge in [-0.05, 0) is 50.6 Å². The molecule has 1 aromatic rings. The maximum atomic E-state index is 6.23. The van der Waals surface area contributed by atoms with Gasteiger partial charge in [0.25, 0.3) is 0 Å². The highest BCUT2D eigenvalue weighted by atomic mass is 35.5. The van der Waals surface area contributed by atoms with Gasteiger partial charge in [0.2, 0.25) is 0 Å². The zero-order valence-corrected chi connectivity index (χ0v) is 12.7. The van der Waals surface area contributed by atoms with Crippen molar-refractivity contribution in [1.29, 1.82) is 0 Å². The summed E-state index contributed by atoms with van der Waals surface area (Å²) in [6.07, 6.45) is 2.55. The average molecular weight is 298 g/mol. The molecule has 0 radical (unpaired) electrons. The quantitative estimate of drug-likeness (QED) is 0.839. The molecule has 3 nitrogen and oxygen atoms in total. The minimum atomic E-state index is 0.377. The summed E-state index contributed by atoms with van der Waals surface area (Å²) in [6.45, 7) is 3.31. The second kappa shape index (κ2) is 6.55. The number of thiocarbonyl (C=S) groups is 1. The molecule has 1 aliphatic rings. The second-order valence-electron chi connectivity index (χ2n) is 5.21. The first-order valence-electron chi connectivity index (χ1n) is 6.58. The van der Waals surface area contributed by atoms with Gasteiger partial charge in [0.05, 0.1) is 10.7 Å². The van der Waals surface area contributed by atoms with Crippen LogP contribution < -0.4 is 11.1 Å². The molecule has 1 aromatic carbocycles. The Bertz CT molecular complexity index is 464. The van der Waals surface area contributed by atoms with Gasteiger partial charge in [-0.15, -0.1) is 0 Å². The number of nitrogens with zero attached hydrogens (tertiary/aromatic N) is 1. The van der Waals surface area contributed by atoms with Crippen molar-refractivity contribution < 1.29 is 0 Å². The number of nitrogens with two attached hydrogens (primary N) is 1. The van der Waals surface area contributed by atoms with E-state index in [1.165, 1.54) is 19.4 Å². The van der Waals surface area contributed by atoms with E-state index in [2.05, 4.69) is 17.3 Å². The van der Waals surface area contributed by atoms with Gasteiger partial charge < -0.3 is 16.0 Å². The van der Waals surface area contributed by atoms with E-state index in [9.17, 15) is 0 Å². The zero-order chi connectivity index (χ0) is 13.8. The lowest BCUT2D eigenvalue weighted by atomic mass is 9.98. The predicted molar refractivity (Wildman–Crippen MR) is 86.1 cm³/mol. The topological polar surface area (TPSA) is 41.3 Å². The average Bonchev–Trinajstić information content (AvgIpc) is 2.37. The van der Waals surface area contributed by atoms with Crippen LogP contribution in [0, 0.1) is 5.92 Å². The van der Waals surface area contributed by atoms with Gasteiger partial charge in [-0.3, -0.25) is 0 Å². The van der Waals surface area contributed by atoms with Gasteiger partial charge in [0, 0.05) is 18.7 Å². The van der Waals surface area contributed by atoms with E-state index in [0.29, 0.717) is 15.9 Å². The maximum absolute atomic E-state index is 6.23. The van der Waals surface area contributed by atoms with Crippen molar-refractivity contribution in [1.82, 2.24) is 4.90 Å². The van der Waals surface area contributed by atoms with E-state index in [1.807, 2.05) is 18.2 Å². The summed E-state index contributed by atoms with van der Waals surface area (Å²) in [7, 11) is 2.18. The molecule has 3 N–H and O–H groups in total. The third-order valence-corrected chi connectivity index (χ3v) is 4.11. The minimum Gasteiger partial charge on any atom is -0.389 e. The smallest absolute Gasteiger partial charge is 0.104 e. The Labute approximate surface area is 125 Å². The third kappa shape index (κ3) is 4.06. The highest BCUT2D eigenvalue weighted by molar-refractivity contribution is 7.80. The van der Waals surface area contributed by atoms with Gasteiger partial charge >= 0.3 is 0 Å². The third-order valence-electron chi connectivity index (χ3n) is 3.56. The fourth-order valence-corrected chi connectivity index (χ4v) is 2.88. The molecule has 1 fully saturated rings. The lowest BCUT2D eigenvalue weighted by Crippen LogP contribution is -2.35. The molecule has 0 saturated carbocycles. The van der Waals surface area contributed by atoms with Gasteiger partial charge in [-0.2, -0.15) is 0 Å². The van der Waals surface area contributed by atoms with Crippen molar-refractivity contribution in [2.75, 3.05) is 32.0 Å². The van der Waals surface area contributed by atoms with Crippen LogP contribution in [0.4, 0.5) is 5.69 Å². The molecule has 5 heteroatoms. The van der Waals surface area contributed by atoms with Crippen molar-refractivity contribution in [2.24, 2.45) is 11.7 Å². The SMILES string of the molecule is CN1CCCC(CNc2ccc(C(N)=S)cc2Cl)C1. The van der Waals surface area contributed by atoms with E-state index >= 15 is 0 Å². The molecule has 1 aliphatic heterocycles. The van der Waals surface area contributed by atoms with Gasteiger partial charge in [-0.1, -0.05) is 23.8 Å². The van der Waals surface area contributed by atoms with Crippen molar-refractivity contribution in [2.45, 2.75) is 12.8 Å². The van der Waals surface area contributed by atoms with Crippen LogP contribution >= 0.6 is 23.8 Å². The molecule has 104 valence electrons. The Hall–Kier alpha value is -0.840. The number of nitrogens with one attached hydrogen (secondary N) is 1. The molecule has 0 aliphatic carbocycles. The molecule has 1 atom stereocenters. The summed E-state index contributed by atoms with van der Waals surface area (Å²) in [6, 6.07) is 5.67. The number of rotatable bonds is 4. The van der Waals surface area contributed by atoms with E-state index in [4.69, 9.17) is 29.6 Å². The zero-order valence-electron chi connectivity index (χ0n) is 11.2. The highest BCUT2D eigenvalue weighted by Gasteiger charge is 2.17. The number of piperidine rings is 1. The molecule has 0 amide bonds. The van der Waals surface area contributed by atoms with Crippen molar-refractivity contribution in [3.05, 3.63) is 28.8 Å². The Morgan fingerprint density at radius 1 is 1.58 bits per heavy atom. The molecule has 1 saturated heterocycles. The first-order chi connectivity index (χ1) is 9.06. The molecule has 2 rings (SSSR count). The number of benzene rings is 1. The van der Waals surface area contributed by atoms with Crippen LogP contribution in [0.1, 0.15) is 18.4 Å². The fourth-order valence-electron chi connectivity index (χ4n) is 2.51. The Kier molecular flexibility index (Phi) is 5.02. The largest absolute Gasteiger partial charge is 0.389 e. The summed E-state index contributed by atoms with van der Waals surface area (Å²) >= 11 is 11.2. The van der Waals surface area contributed by atoms with Crippen molar-refractivity contribution in [3.63, 3.8) is 0 Å². The fraction of sp³-hybridized carbons (Fsp3) is 0.500. The summed E-state index contributed by atoms with van der Waals surface area (Å²) < 4.78 is 0. The van der Waals surface area contributed by atoms with Crippen molar-refractivity contribution in [3.8, 4) is 0 Å². The Morgan fingerprint density at radius 3 is 3.00 bits per heavy atom. The molecule has 1 unspecified atom stereocenters. The molecule has 0 bridgehead atoms. The molecule has 0 spiro atoms. The van der Waals surface area contributed by atoms with Crippen LogP contribution in [0.25, 0.3) is 0 Å². The van der Waals surface area contributed by atoms with Crippen LogP contribution in [0.15, 0.2) is 18.2 Å². The van der Waals surface area contributed by atoms with Crippen molar-refractivity contribution >= 4 is 34.5 Å². The van der Waals surface area contributed by atoms with Crippen LogP contribution in [0.5, 0.6) is 0 Å². The molecule has 1 heterocycles. The van der Waals surface area contributed by atoms with Crippen LogP contribution in [-0.2, 0) is 0 Å². The van der Waals surface area contributed by atoms with Gasteiger partial charge in [0.15, 0.2) is 0 Å². The normalized spacial score (nSPS) is 20.2. The van der Waals surface area contributed by atoms with Gasteiger partial charge in [-0.25, -0.2) is 0 Å². The van der Waals surface area contributed by atoms with E-state index in [-0.39, 0.29) is 0 Å². The summed E-state index contributed by atoms with van der Waals surface area (Å²) in [4.78, 5) is 2.76. The Morgan fingerprint density at radius 2 is 2.37 bits per heavy atom. The molecular weight excluding hydrogens is 278 g/mol. The predicted octanol–water partition coefficient (Wildman–Crippen LogP) is 2.73. The first kappa shape index (κ1) is 14.6. The molecule has 19 heavy (non-hydrogen) atoms. The number of hydrogen-bond acceptors (Lipinski definition) is 3. The minimum absolute atomic E-state index is 0.377. The lowest BCUT2D eigenvalue weighted by molar-refractivity contribution is 0.217. The van der Waals surface area contributed by atoms with Crippen LogP contribution in [0.3, 0.4) is 0 Å². The van der Waals surface area contributed by atoms with E-state index in [0.717, 1.165) is 24.3 Å². The number of likely N-dealkylation sites (tertiary alicyclic amines) is 1. The monoisotopic (exact) mass is 297 g/mol. The number of hydrogen-bond donors (Lipinski definition) is 2. The molecule has 0 aromatic heterocycles. The van der Waals surface area contributed by atoms with E-state index in [1.54, 1.807) is 0 Å². The highest BCUT2D eigenvalue weighted by Crippen LogP contribution is 2.24. The summed E-state index contributed by atoms with van der Waals surface area (Å²) in [5, 5.41) is 4.10. The second-order valence-corrected chi connectivity index (χ2v) is 6.06. The van der Waals surface area contributed by atoms with Gasteiger partial charge in [0.1, 0.15) is 4.99 Å². The number of halogens is 1. The number of anilines is 1. The Balaban J connectivity index is 1.94. The summed E-state index contributed by atoms with van der Waals surface area (Å²) in [5.41, 5.74) is 7.35.